The van der Waals surface area contributed by atoms with E-state index in [0.717, 1.165) is 5.56 Å². The lowest BCUT2D eigenvalue weighted by Gasteiger charge is -2.17. The summed E-state index contributed by atoms with van der Waals surface area (Å²) in [6.45, 7) is 2.10. The number of aliphatic hydroxyl groups is 1. The van der Waals surface area contributed by atoms with Crippen LogP contribution < -0.4 is 15.4 Å². The second-order valence-electron chi connectivity index (χ2n) is 5.44. The first-order chi connectivity index (χ1) is 12.1. The molecule has 2 rings (SSSR count). The molecule has 7 heteroatoms. The van der Waals surface area contributed by atoms with E-state index in [1.165, 1.54) is 7.11 Å². The minimum absolute atomic E-state index is 0.0654. The Morgan fingerprint density at radius 1 is 1.24 bits per heavy atom. The number of carbonyl (C=O) groups is 1. The van der Waals surface area contributed by atoms with Gasteiger partial charge in [0.2, 0.25) is 5.88 Å². The normalized spacial score (nSPS) is 12.9. The van der Waals surface area contributed by atoms with E-state index in [1.54, 1.807) is 18.3 Å². The Balaban J connectivity index is 1.72. The standard InChI is InChI=1S/C18H23N3O4/c1-13(14-7-4-3-5-8-14)25-12-15(22)11-20-18(23)21-16-9-6-10-19-17(16)24-2/h3-10,13,15,22H,11-12H2,1-2H3,(H2,20,21,23). The molecule has 0 aliphatic carbocycles. The van der Waals surface area contributed by atoms with E-state index in [9.17, 15) is 9.90 Å². The number of hydrogen-bond acceptors (Lipinski definition) is 5. The molecular formula is C18H23N3O4. The Labute approximate surface area is 147 Å². The first kappa shape index (κ1) is 18.7. The van der Waals surface area contributed by atoms with E-state index in [0.29, 0.717) is 11.6 Å². The molecule has 2 aromatic rings. The van der Waals surface area contributed by atoms with Gasteiger partial charge >= 0.3 is 6.03 Å². The van der Waals surface area contributed by atoms with Crippen molar-refractivity contribution in [2.45, 2.75) is 19.1 Å². The number of anilines is 1. The molecule has 3 N–H and O–H groups in total. The molecule has 7 nitrogen and oxygen atoms in total. The minimum atomic E-state index is -0.812. The molecule has 134 valence electrons. The quantitative estimate of drug-likeness (QED) is 0.683. The molecule has 0 saturated heterocycles. The Bertz CT molecular complexity index is 666. The van der Waals surface area contributed by atoms with Gasteiger partial charge in [0, 0.05) is 12.7 Å². The molecule has 0 aliphatic rings. The van der Waals surface area contributed by atoms with Crippen LogP contribution in [0.5, 0.6) is 5.88 Å². The molecule has 25 heavy (non-hydrogen) atoms. The number of amides is 2. The minimum Gasteiger partial charge on any atom is -0.480 e. The highest BCUT2D eigenvalue weighted by Crippen LogP contribution is 2.19. The van der Waals surface area contributed by atoms with Crippen molar-refractivity contribution in [1.29, 1.82) is 0 Å². The number of aromatic nitrogens is 1. The number of benzene rings is 1. The second kappa shape index (κ2) is 9.61. The number of aliphatic hydroxyl groups excluding tert-OH is 1. The van der Waals surface area contributed by atoms with Crippen LogP contribution in [0.2, 0.25) is 0 Å². The molecular weight excluding hydrogens is 322 g/mol. The largest absolute Gasteiger partial charge is 0.480 e. The van der Waals surface area contributed by atoms with Crippen LogP contribution in [0.1, 0.15) is 18.6 Å². The van der Waals surface area contributed by atoms with E-state index >= 15 is 0 Å². The monoisotopic (exact) mass is 345 g/mol. The number of nitrogens with zero attached hydrogens (tertiary/aromatic N) is 1. The fourth-order valence-corrected chi connectivity index (χ4v) is 2.16. The van der Waals surface area contributed by atoms with Crippen molar-refractivity contribution in [3.05, 3.63) is 54.2 Å². The number of rotatable bonds is 8. The first-order valence-corrected chi connectivity index (χ1v) is 7.98. The molecule has 0 spiro atoms. The van der Waals surface area contributed by atoms with Gasteiger partial charge in [-0.05, 0) is 24.6 Å². The zero-order chi connectivity index (χ0) is 18.1. The van der Waals surface area contributed by atoms with Crippen molar-refractivity contribution in [2.24, 2.45) is 0 Å². The van der Waals surface area contributed by atoms with Crippen molar-refractivity contribution in [3.63, 3.8) is 0 Å². The summed E-state index contributed by atoms with van der Waals surface area (Å²) in [4.78, 5) is 15.9. The van der Waals surface area contributed by atoms with Crippen LogP contribution in [0.15, 0.2) is 48.7 Å². The summed E-state index contributed by atoms with van der Waals surface area (Å²) in [5, 5.41) is 15.2. The van der Waals surface area contributed by atoms with Crippen molar-refractivity contribution in [1.82, 2.24) is 10.3 Å². The third-order valence-electron chi connectivity index (χ3n) is 3.52. The molecule has 1 heterocycles. The second-order valence-corrected chi connectivity index (χ2v) is 5.44. The molecule has 2 atom stereocenters. The van der Waals surface area contributed by atoms with Gasteiger partial charge in [0.15, 0.2) is 0 Å². The molecule has 0 aliphatic heterocycles. The molecule has 0 radical (unpaired) electrons. The summed E-state index contributed by atoms with van der Waals surface area (Å²) in [5.74, 6) is 0.318. The lowest BCUT2D eigenvalue weighted by atomic mass is 10.1. The maximum Gasteiger partial charge on any atom is 0.319 e. The van der Waals surface area contributed by atoms with E-state index in [1.807, 2.05) is 37.3 Å². The Morgan fingerprint density at radius 3 is 2.72 bits per heavy atom. The topological polar surface area (TPSA) is 92.7 Å². The predicted molar refractivity (Wildman–Crippen MR) is 94.6 cm³/mol. The van der Waals surface area contributed by atoms with Gasteiger partial charge in [-0.15, -0.1) is 0 Å². The summed E-state index contributed by atoms with van der Waals surface area (Å²) >= 11 is 0. The lowest BCUT2D eigenvalue weighted by Crippen LogP contribution is -2.37. The Hall–Kier alpha value is -2.64. The third kappa shape index (κ3) is 6.06. The van der Waals surface area contributed by atoms with E-state index in [4.69, 9.17) is 9.47 Å². The zero-order valence-corrected chi connectivity index (χ0v) is 14.3. The summed E-state index contributed by atoms with van der Waals surface area (Å²) in [6, 6.07) is 12.6. The van der Waals surface area contributed by atoms with Crippen LogP contribution in [0, 0.1) is 0 Å². The Kier molecular flexibility index (Phi) is 7.18. The van der Waals surface area contributed by atoms with Crippen LogP contribution in [0.3, 0.4) is 0 Å². The van der Waals surface area contributed by atoms with Gasteiger partial charge in [-0.25, -0.2) is 9.78 Å². The third-order valence-corrected chi connectivity index (χ3v) is 3.52. The predicted octanol–water partition coefficient (Wildman–Crippen LogP) is 2.35. The van der Waals surface area contributed by atoms with Crippen molar-refractivity contribution < 1.29 is 19.4 Å². The van der Waals surface area contributed by atoms with Crippen molar-refractivity contribution in [2.75, 3.05) is 25.6 Å². The SMILES string of the molecule is COc1ncccc1NC(=O)NCC(O)COC(C)c1ccccc1. The van der Waals surface area contributed by atoms with Gasteiger partial charge in [0.1, 0.15) is 5.69 Å². The number of nitrogens with one attached hydrogen (secondary N) is 2. The van der Waals surface area contributed by atoms with E-state index < -0.39 is 12.1 Å². The number of methoxy groups -OCH3 is 1. The molecule has 1 aromatic heterocycles. The summed E-state index contributed by atoms with van der Waals surface area (Å²) < 4.78 is 10.7. The maximum absolute atomic E-state index is 11.9. The number of carbonyl (C=O) groups excluding carboxylic acids is 1. The van der Waals surface area contributed by atoms with Crippen LogP contribution in [0.4, 0.5) is 10.5 Å². The summed E-state index contributed by atoms with van der Waals surface area (Å²) in [7, 11) is 1.47. The highest BCUT2D eigenvalue weighted by molar-refractivity contribution is 5.90. The molecule has 2 unspecified atom stereocenters. The fourth-order valence-electron chi connectivity index (χ4n) is 2.16. The average molecular weight is 345 g/mol. The van der Waals surface area contributed by atoms with Crippen LogP contribution >= 0.6 is 0 Å². The smallest absolute Gasteiger partial charge is 0.319 e. The van der Waals surface area contributed by atoms with Gasteiger partial charge in [-0.3, -0.25) is 0 Å². The highest BCUT2D eigenvalue weighted by Gasteiger charge is 2.12. The fraction of sp³-hybridized carbons (Fsp3) is 0.333. The van der Waals surface area contributed by atoms with Crippen LogP contribution in [-0.4, -0.2) is 42.5 Å². The zero-order valence-electron chi connectivity index (χ0n) is 14.3. The number of urea groups is 1. The molecule has 0 bridgehead atoms. The van der Waals surface area contributed by atoms with Crippen LogP contribution in [0.25, 0.3) is 0 Å². The van der Waals surface area contributed by atoms with Crippen LogP contribution in [-0.2, 0) is 4.74 Å². The summed E-state index contributed by atoms with van der Waals surface area (Å²) in [6.07, 6.45) is 0.619. The van der Waals surface area contributed by atoms with E-state index in [2.05, 4.69) is 15.6 Å². The lowest BCUT2D eigenvalue weighted by molar-refractivity contribution is -0.000953. The van der Waals surface area contributed by atoms with Gasteiger partial charge < -0.3 is 25.2 Å². The summed E-state index contributed by atoms with van der Waals surface area (Å²) in [5.41, 5.74) is 1.48. The van der Waals surface area contributed by atoms with Gasteiger partial charge in [0.05, 0.1) is 25.9 Å². The van der Waals surface area contributed by atoms with E-state index in [-0.39, 0.29) is 19.3 Å². The number of ether oxygens (including phenoxy) is 2. The number of pyridine rings is 1. The molecule has 0 fully saturated rings. The van der Waals surface area contributed by atoms with Gasteiger partial charge in [-0.2, -0.15) is 0 Å². The maximum atomic E-state index is 11.9. The molecule has 1 aromatic carbocycles. The average Bonchev–Trinajstić information content (AvgIpc) is 2.65. The van der Waals surface area contributed by atoms with Crippen molar-refractivity contribution in [3.8, 4) is 5.88 Å². The van der Waals surface area contributed by atoms with Gasteiger partial charge in [0.25, 0.3) is 0 Å². The molecule has 2 amide bonds. The highest BCUT2D eigenvalue weighted by atomic mass is 16.5. The number of hydrogen-bond donors (Lipinski definition) is 3. The van der Waals surface area contributed by atoms with Gasteiger partial charge in [-0.1, -0.05) is 30.3 Å². The first-order valence-electron chi connectivity index (χ1n) is 7.98. The Morgan fingerprint density at radius 2 is 2.00 bits per heavy atom. The van der Waals surface area contributed by atoms with Crippen molar-refractivity contribution >= 4 is 11.7 Å². The molecule has 0 saturated carbocycles.